The number of benzene rings is 2. The van der Waals surface area contributed by atoms with E-state index in [1.807, 2.05) is 41.2 Å². The van der Waals surface area contributed by atoms with Crippen molar-refractivity contribution in [1.82, 2.24) is 15.0 Å². The van der Waals surface area contributed by atoms with Crippen molar-refractivity contribution >= 4 is 34.5 Å². The number of ether oxygens (including phenoxy) is 1. The molecule has 0 aliphatic heterocycles. The van der Waals surface area contributed by atoms with Crippen LogP contribution in [0.3, 0.4) is 0 Å². The number of hydrogen-bond donors (Lipinski definition) is 1. The van der Waals surface area contributed by atoms with E-state index in [2.05, 4.69) is 44.8 Å². The van der Waals surface area contributed by atoms with E-state index >= 15 is 0 Å². The molecule has 0 spiro atoms. The fourth-order valence-electron chi connectivity index (χ4n) is 3.47. The maximum atomic E-state index is 10.3. The zero-order chi connectivity index (χ0) is 23.3. The average molecular weight is 560 g/mol. The summed E-state index contributed by atoms with van der Waals surface area (Å²) in [6.45, 7) is 3.45. The molecular weight excluding hydrogens is 527 g/mol. The summed E-state index contributed by atoms with van der Waals surface area (Å²) in [5.74, 6) is 0.705. The van der Waals surface area contributed by atoms with E-state index in [-0.39, 0.29) is 5.75 Å². The van der Waals surface area contributed by atoms with Gasteiger partial charge in [-0.1, -0.05) is 57.1 Å². The Bertz CT molecular complexity index is 1000. The monoisotopic (exact) mass is 560 g/mol. The lowest BCUT2D eigenvalue weighted by Gasteiger charge is -2.06. The highest BCUT2D eigenvalue weighted by Crippen LogP contribution is 2.24. The lowest BCUT2D eigenvalue weighted by atomic mass is 10.1. The highest BCUT2D eigenvalue weighted by Gasteiger charge is 2.05. The molecule has 7 heteroatoms. The molecule has 1 heterocycles. The Morgan fingerprint density at radius 1 is 1.00 bits per heavy atom. The number of halogens is 1. The van der Waals surface area contributed by atoms with Crippen LogP contribution < -0.4 is 4.74 Å². The molecule has 0 unspecified atom stereocenters. The van der Waals surface area contributed by atoms with Crippen LogP contribution in [0.15, 0.2) is 53.7 Å². The standard InChI is InChI=1S/C26H33IN4O2/c1-2-3-4-5-6-7-8-9-16-31-19-24(29-30-31)20-33-25-15-10-21(26(32)17-25)18-28-23-13-11-22(27)12-14-23/h10-15,17-19,32H,2-9,16,20H2,1H3. The molecule has 176 valence electrons. The molecule has 0 saturated carbocycles. The van der Waals surface area contributed by atoms with Crippen molar-refractivity contribution in [3.05, 3.63) is 63.5 Å². The number of rotatable bonds is 14. The van der Waals surface area contributed by atoms with Crippen molar-refractivity contribution in [1.29, 1.82) is 0 Å². The maximum Gasteiger partial charge on any atom is 0.134 e. The van der Waals surface area contributed by atoms with Gasteiger partial charge in [0, 0.05) is 28.0 Å². The lowest BCUT2D eigenvalue weighted by molar-refractivity contribution is 0.299. The Hall–Kier alpha value is -2.42. The number of nitrogens with zero attached hydrogens (tertiary/aromatic N) is 4. The quantitative estimate of drug-likeness (QED) is 0.130. The fraction of sp³-hybridized carbons (Fsp3) is 0.423. The third kappa shape index (κ3) is 9.15. The van der Waals surface area contributed by atoms with Crippen molar-refractivity contribution in [2.75, 3.05) is 0 Å². The smallest absolute Gasteiger partial charge is 0.134 e. The first-order chi connectivity index (χ1) is 16.1. The minimum atomic E-state index is 0.125. The first kappa shape index (κ1) is 25.2. The number of aliphatic imine (C=N–C) groups is 1. The number of hydrogen-bond acceptors (Lipinski definition) is 5. The molecule has 2 aromatic carbocycles. The molecule has 0 amide bonds. The molecule has 6 nitrogen and oxygen atoms in total. The van der Waals surface area contributed by atoms with Gasteiger partial charge in [0.15, 0.2) is 0 Å². The summed E-state index contributed by atoms with van der Waals surface area (Å²) in [6, 6.07) is 13.1. The van der Waals surface area contributed by atoms with Crippen LogP contribution in [0.1, 0.15) is 69.5 Å². The van der Waals surface area contributed by atoms with Gasteiger partial charge in [-0.3, -0.25) is 9.67 Å². The minimum absolute atomic E-state index is 0.125. The average Bonchev–Trinajstić information content (AvgIpc) is 3.27. The van der Waals surface area contributed by atoms with Crippen LogP contribution in [0.4, 0.5) is 5.69 Å². The van der Waals surface area contributed by atoms with E-state index in [1.54, 1.807) is 18.3 Å². The number of aromatic nitrogens is 3. The zero-order valence-corrected chi connectivity index (χ0v) is 21.4. The third-order valence-corrected chi connectivity index (χ3v) is 6.11. The van der Waals surface area contributed by atoms with Gasteiger partial charge in [0.1, 0.15) is 23.8 Å². The first-order valence-electron chi connectivity index (χ1n) is 11.8. The van der Waals surface area contributed by atoms with Crippen molar-refractivity contribution in [2.24, 2.45) is 4.99 Å². The van der Waals surface area contributed by atoms with E-state index in [9.17, 15) is 5.11 Å². The molecule has 0 bridgehead atoms. The van der Waals surface area contributed by atoms with Crippen LogP contribution in [0.5, 0.6) is 11.5 Å². The van der Waals surface area contributed by atoms with Crippen LogP contribution in [0, 0.1) is 3.57 Å². The number of aryl methyl sites for hydroxylation is 1. The summed E-state index contributed by atoms with van der Waals surface area (Å²) < 4.78 is 8.83. The van der Waals surface area contributed by atoms with Gasteiger partial charge in [-0.25, -0.2) is 0 Å². The Labute approximate surface area is 210 Å². The molecule has 0 aliphatic carbocycles. The zero-order valence-electron chi connectivity index (χ0n) is 19.3. The minimum Gasteiger partial charge on any atom is -0.507 e. The van der Waals surface area contributed by atoms with E-state index in [4.69, 9.17) is 4.74 Å². The van der Waals surface area contributed by atoms with Crippen molar-refractivity contribution in [3.63, 3.8) is 0 Å². The van der Waals surface area contributed by atoms with E-state index < -0.39 is 0 Å². The van der Waals surface area contributed by atoms with E-state index in [0.29, 0.717) is 17.9 Å². The second-order valence-electron chi connectivity index (χ2n) is 8.19. The summed E-state index contributed by atoms with van der Waals surface area (Å²) in [6.07, 6.45) is 13.9. The summed E-state index contributed by atoms with van der Waals surface area (Å²) in [5, 5.41) is 18.7. The number of aromatic hydroxyl groups is 1. The van der Waals surface area contributed by atoms with Gasteiger partial charge in [0.25, 0.3) is 0 Å². The summed E-state index contributed by atoms with van der Waals surface area (Å²) in [4.78, 5) is 4.41. The number of phenols is 1. The van der Waals surface area contributed by atoms with Gasteiger partial charge in [-0.05, 0) is 65.4 Å². The Morgan fingerprint density at radius 3 is 2.45 bits per heavy atom. The highest BCUT2D eigenvalue weighted by atomic mass is 127. The molecule has 3 aromatic rings. The van der Waals surface area contributed by atoms with Crippen molar-refractivity contribution in [3.8, 4) is 11.5 Å². The highest BCUT2D eigenvalue weighted by molar-refractivity contribution is 14.1. The molecule has 0 saturated heterocycles. The van der Waals surface area contributed by atoms with Crippen LogP contribution in [0.25, 0.3) is 0 Å². The predicted molar refractivity (Wildman–Crippen MR) is 141 cm³/mol. The summed E-state index contributed by atoms with van der Waals surface area (Å²) >= 11 is 2.26. The first-order valence-corrected chi connectivity index (χ1v) is 12.9. The molecule has 0 fully saturated rings. The second kappa shape index (κ2) is 14.0. The maximum absolute atomic E-state index is 10.3. The Balaban J connectivity index is 1.40. The molecule has 3 rings (SSSR count). The summed E-state index contributed by atoms with van der Waals surface area (Å²) in [5.41, 5.74) is 2.25. The van der Waals surface area contributed by atoms with Crippen LogP contribution in [-0.2, 0) is 13.2 Å². The van der Waals surface area contributed by atoms with E-state index in [1.165, 1.54) is 44.9 Å². The van der Waals surface area contributed by atoms with Crippen LogP contribution >= 0.6 is 22.6 Å². The van der Waals surface area contributed by atoms with Gasteiger partial charge in [-0.2, -0.15) is 0 Å². The van der Waals surface area contributed by atoms with Gasteiger partial charge < -0.3 is 9.84 Å². The largest absolute Gasteiger partial charge is 0.507 e. The van der Waals surface area contributed by atoms with Gasteiger partial charge >= 0.3 is 0 Å². The second-order valence-corrected chi connectivity index (χ2v) is 9.44. The van der Waals surface area contributed by atoms with Crippen molar-refractivity contribution in [2.45, 2.75) is 71.4 Å². The van der Waals surface area contributed by atoms with Crippen LogP contribution in [-0.4, -0.2) is 26.3 Å². The van der Waals surface area contributed by atoms with Crippen LogP contribution in [0.2, 0.25) is 0 Å². The van der Waals surface area contributed by atoms with Crippen molar-refractivity contribution < 1.29 is 9.84 Å². The molecule has 0 atom stereocenters. The number of unbranched alkanes of at least 4 members (excludes halogenated alkanes) is 7. The van der Waals surface area contributed by atoms with E-state index in [0.717, 1.165) is 27.9 Å². The normalized spacial score (nSPS) is 11.3. The SMILES string of the molecule is CCCCCCCCCCn1cc(COc2ccc(C=Nc3ccc(I)cc3)c(O)c2)nn1. The molecule has 0 aliphatic rings. The summed E-state index contributed by atoms with van der Waals surface area (Å²) in [7, 11) is 0. The predicted octanol–water partition coefficient (Wildman–Crippen LogP) is 7.06. The molecular formula is C26H33IN4O2. The fourth-order valence-corrected chi connectivity index (χ4v) is 3.83. The molecule has 0 radical (unpaired) electrons. The third-order valence-electron chi connectivity index (χ3n) is 5.39. The van der Waals surface area contributed by atoms with Gasteiger partial charge in [0.05, 0.1) is 11.9 Å². The topological polar surface area (TPSA) is 72.5 Å². The Morgan fingerprint density at radius 2 is 1.73 bits per heavy atom. The lowest BCUT2D eigenvalue weighted by Crippen LogP contribution is -1.99. The molecule has 1 N–H and O–H groups in total. The molecule has 33 heavy (non-hydrogen) atoms. The molecule has 1 aromatic heterocycles. The Kier molecular flexibility index (Phi) is 10.7. The van der Waals surface area contributed by atoms with Gasteiger partial charge in [-0.15, -0.1) is 5.10 Å². The number of phenolic OH excluding ortho intramolecular Hbond substituents is 1. The van der Waals surface area contributed by atoms with Gasteiger partial charge in [0.2, 0.25) is 0 Å².